The number of benzene rings is 2. The van der Waals surface area contributed by atoms with Gasteiger partial charge in [0.05, 0.1) is 32.0 Å². The Morgan fingerprint density at radius 1 is 1.12 bits per heavy atom. The van der Waals surface area contributed by atoms with Gasteiger partial charge in [0.1, 0.15) is 5.75 Å². The molecule has 24 heavy (non-hydrogen) atoms. The van der Waals surface area contributed by atoms with Crippen molar-refractivity contribution in [3.8, 4) is 5.75 Å². The van der Waals surface area contributed by atoms with E-state index in [-0.39, 0.29) is 5.91 Å². The van der Waals surface area contributed by atoms with Crippen LogP contribution in [0.1, 0.15) is 11.1 Å². The summed E-state index contributed by atoms with van der Waals surface area (Å²) in [5, 5.41) is 0. The fraction of sp³-hybridized carbons (Fsp3) is 0.158. The van der Waals surface area contributed by atoms with Gasteiger partial charge >= 0.3 is 5.97 Å². The van der Waals surface area contributed by atoms with Crippen molar-refractivity contribution < 1.29 is 19.1 Å². The number of ether oxygens (including phenoxy) is 2. The van der Waals surface area contributed by atoms with Crippen LogP contribution in [0.25, 0.3) is 5.57 Å². The van der Waals surface area contributed by atoms with Crippen LogP contribution in [0.15, 0.2) is 54.6 Å². The fourth-order valence-electron chi connectivity index (χ4n) is 2.70. The maximum absolute atomic E-state index is 12.8. The van der Waals surface area contributed by atoms with E-state index in [4.69, 9.17) is 4.74 Å². The number of methoxy groups -OCH3 is 2. The molecule has 1 aliphatic heterocycles. The normalized spacial score (nSPS) is 14.7. The number of esters is 1. The summed E-state index contributed by atoms with van der Waals surface area (Å²) in [6.07, 6.45) is 1.23. The van der Waals surface area contributed by atoms with Crippen molar-refractivity contribution in [1.82, 2.24) is 0 Å². The lowest BCUT2D eigenvalue weighted by molar-refractivity contribution is -0.135. The number of fused-ring (bicyclic) bond motifs is 1. The zero-order valence-corrected chi connectivity index (χ0v) is 13.5. The van der Waals surface area contributed by atoms with Gasteiger partial charge in [0.25, 0.3) is 5.91 Å². The predicted octanol–water partition coefficient (Wildman–Crippen LogP) is 2.80. The Kier molecular flexibility index (Phi) is 4.33. The lowest BCUT2D eigenvalue weighted by atomic mass is 10.1. The molecule has 5 heteroatoms. The zero-order valence-electron chi connectivity index (χ0n) is 13.5. The molecule has 2 aromatic carbocycles. The van der Waals surface area contributed by atoms with Crippen LogP contribution in [0.3, 0.4) is 0 Å². The first-order valence-corrected chi connectivity index (χ1v) is 7.48. The largest absolute Gasteiger partial charge is 0.497 e. The molecular weight excluding hydrogens is 306 g/mol. The summed E-state index contributed by atoms with van der Waals surface area (Å²) < 4.78 is 9.90. The monoisotopic (exact) mass is 323 g/mol. The van der Waals surface area contributed by atoms with E-state index in [0.29, 0.717) is 23.4 Å². The van der Waals surface area contributed by atoms with Crippen molar-refractivity contribution in [3.63, 3.8) is 0 Å². The average molecular weight is 323 g/mol. The molecule has 2 aromatic rings. The molecule has 3 rings (SSSR count). The Balaban J connectivity index is 2.05. The van der Waals surface area contributed by atoms with Crippen LogP contribution in [-0.2, 0) is 20.9 Å². The predicted molar refractivity (Wildman–Crippen MR) is 90.6 cm³/mol. The van der Waals surface area contributed by atoms with Gasteiger partial charge in [-0.05, 0) is 23.8 Å². The van der Waals surface area contributed by atoms with Gasteiger partial charge in [-0.3, -0.25) is 4.79 Å². The highest BCUT2D eigenvalue weighted by Crippen LogP contribution is 2.39. The first-order chi connectivity index (χ1) is 11.6. The number of carbonyl (C=O) groups excluding carboxylic acids is 2. The molecule has 1 heterocycles. The Hall–Kier alpha value is -3.08. The summed E-state index contributed by atoms with van der Waals surface area (Å²) in [5.74, 6) is -0.167. The summed E-state index contributed by atoms with van der Waals surface area (Å²) in [4.78, 5) is 26.1. The molecule has 1 amide bonds. The summed E-state index contributed by atoms with van der Waals surface area (Å²) in [5.41, 5.74) is 2.74. The number of amides is 1. The molecule has 0 bridgehead atoms. The van der Waals surface area contributed by atoms with Crippen molar-refractivity contribution in [2.45, 2.75) is 6.54 Å². The first kappa shape index (κ1) is 15.8. The molecule has 0 saturated carbocycles. The van der Waals surface area contributed by atoms with E-state index in [9.17, 15) is 9.59 Å². The van der Waals surface area contributed by atoms with E-state index >= 15 is 0 Å². The van der Waals surface area contributed by atoms with Gasteiger partial charge in [-0.15, -0.1) is 0 Å². The van der Waals surface area contributed by atoms with Crippen LogP contribution >= 0.6 is 0 Å². The van der Waals surface area contributed by atoms with E-state index in [1.807, 2.05) is 36.4 Å². The molecule has 0 saturated heterocycles. The zero-order chi connectivity index (χ0) is 17.1. The van der Waals surface area contributed by atoms with Gasteiger partial charge in [-0.25, -0.2) is 4.79 Å². The highest BCUT2D eigenvalue weighted by atomic mass is 16.5. The molecule has 5 nitrogen and oxygen atoms in total. The minimum absolute atomic E-state index is 0.229. The second-order valence-electron chi connectivity index (χ2n) is 5.34. The number of hydrogen-bond acceptors (Lipinski definition) is 4. The highest BCUT2D eigenvalue weighted by Gasteiger charge is 2.33. The van der Waals surface area contributed by atoms with E-state index in [2.05, 4.69) is 4.74 Å². The second kappa shape index (κ2) is 6.58. The van der Waals surface area contributed by atoms with Crippen molar-refractivity contribution in [1.29, 1.82) is 0 Å². The molecule has 1 aliphatic rings. The number of nitrogens with zero attached hydrogens (tertiary/aromatic N) is 1. The van der Waals surface area contributed by atoms with Crippen LogP contribution in [0, 0.1) is 0 Å². The minimum atomic E-state index is -0.561. The standard InChI is InChI=1S/C19H17NO4/c1-23-14-8-9-17-15(10-14)16(11-18(21)24-2)19(22)20(17)12-13-6-4-3-5-7-13/h3-11H,12H2,1-2H3/b16-11+. The molecule has 122 valence electrons. The lowest BCUT2D eigenvalue weighted by Gasteiger charge is -2.17. The quantitative estimate of drug-likeness (QED) is 0.641. The molecule has 0 radical (unpaired) electrons. The molecule has 0 unspecified atom stereocenters. The Morgan fingerprint density at radius 2 is 1.88 bits per heavy atom. The molecule has 0 aliphatic carbocycles. The Morgan fingerprint density at radius 3 is 2.54 bits per heavy atom. The average Bonchev–Trinajstić information content (AvgIpc) is 2.87. The van der Waals surface area contributed by atoms with Gasteiger partial charge in [0, 0.05) is 11.6 Å². The Bertz CT molecular complexity index is 811. The molecule has 0 fully saturated rings. The third kappa shape index (κ3) is 2.88. The van der Waals surface area contributed by atoms with Crippen LogP contribution in [0.2, 0.25) is 0 Å². The van der Waals surface area contributed by atoms with Gasteiger partial charge < -0.3 is 14.4 Å². The molecular formula is C19H17NO4. The maximum atomic E-state index is 12.8. The maximum Gasteiger partial charge on any atom is 0.331 e. The molecule has 0 aromatic heterocycles. The van der Waals surface area contributed by atoms with Crippen LogP contribution < -0.4 is 9.64 Å². The van der Waals surface area contributed by atoms with Crippen molar-refractivity contribution in [2.24, 2.45) is 0 Å². The van der Waals surface area contributed by atoms with Gasteiger partial charge in [-0.1, -0.05) is 30.3 Å². The summed E-state index contributed by atoms with van der Waals surface area (Å²) in [6, 6.07) is 15.1. The van der Waals surface area contributed by atoms with Crippen molar-refractivity contribution in [2.75, 3.05) is 19.1 Å². The molecule has 0 N–H and O–H groups in total. The van der Waals surface area contributed by atoms with E-state index in [1.54, 1.807) is 24.1 Å². The van der Waals surface area contributed by atoms with Gasteiger partial charge in [0.2, 0.25) is 0 Å². The smallest absolute Gasteiger partial charge is 0.331 e. The summed E-state index contributed by atoms with van der Waals surface area (Å²) >= 11 is 0. The van der Waals surface area contributed by atoms with Crippen LogP contribution in [0.4, 0.5) is 5.69 Å². The third-order valence-electron chi connectivity index (χ3n) is 3.91. The SMILES string of the molecule is COC(=O)/C=C1/C(=O)N(Cc2ccccc2)c2ccc(OC)cc21. The fourth-order valence-corrected chi connectivity index (χ4v) is 2.70. The highest BCUT2D eigenvalue weighted by molar-refractivity contribution is 6.34. The second-order valence-corrected chi connectivity index (χ2v) is 5.34. The molecule has 0 spiro atoms. The molecule has 0 atom stereocenters. The van der Waals surface area contributed by atoms with Crippen molar-refractivity contribution >= 4 is 23.1 Å². The minimum Gasteiger partial charge on any atom is -0.497 e. The topological polar surface area (TPSA) is 55.8 Å². The van der Waals surface area contributed by atoms with Crippen LogP contribution in [0.5, 0.6) is 5.75 Å². The number of anilines is 1. The van der Waals surface area contributed by atoms with E-state index in [1.165, 1.54) is 13.2 Å². The number of rotatable bonds is 4. The Labute approximate surface area is 140 Å². The number of carbonyl (C=O) groups is 2. The first-order valence-electron chi connectivity index (χ1n) is 7.48. The summed E-state index contributed by atoms with van der Waals surface area (Å²) in [6.45, 7) is 0.428. The van der Waals surface area contributed by atoms with E-state index < -0.39 is 5.97 Å². The number of hydrogen-bond donors (Lipinski definition) is 0. The summed E-state index contributed by atoms with van der Waals surface area (Å²) in [7, 11) is 2.84. The third-order valence-corrected chi connectivity index (χ3v) is 3.91. The van der Waals surface area contributed by atoms with Crippen LogP contribution in [-0.4, -0.2) is 26.1 Å². The van der Waals surface area contributed by atoms with Gasteiger partial charge in [0.15, 0.2) is 0 Å². The van der Waals surface area contributed by atoms with Gasteiger partial charge in [-0.2, -0.15) is 0 Å². The van der Waals surface area contributed by atoms with E-state index in [0.717, 1.165) is 11.3 Å². The lowest BCUT2D eigenvalue weighted by Crippen LogP contribution is -2.25. The van der Waals surface area contributed by atoms with Crippen molar-refractivity contribution in [3.05, 3.63) is 65.7 Å².